The second-order valence-electron chi connectivity index (χ2n) is 11.9. The SMILES string of the molecule is O=C(NCc1ccccc1Sc1ccccc1)[C@]1(CCS(=O)(=O)c2ccccc2)N=C(c2ccc(OCCCO)cc2)O[C@@H]1c1ccc(Br)cc1. The molecule has 0 fully saturated rings. The molecule has 11 heteroatoms. The number of sulfone groups is 1. The van der Waals surface area contributed by atoms with Gasteiger partial charge in [0.25, 0.3) is 5.91 Å². The number of carbonyl (C=O) groups excluding carboxylic acids is 1. The van der Waals surface area contributed by atoms with E-state index >= 15 is 0 Å². The Morgan fingerprint density at radius 1 is 0.882 bits per heavy atom. The summed E-state index contributed by atoms with van der Waals surface area (Å²) in [5, 5.41) is 12.2. The van der Waals surface area contributed by atoms with Crippen molar-refractivity contribution in [1.82, 2.24) is 5.32 Å². The highest BCUT2D eigenvalue weighted by Crippen LogP contribution is 2.43. The first-order valence-electron chi connectivity index (χ1n) is 16.5. The Hall–Kier alpha value is -4.42. The van der Waals surface area contributed by atoms with E-state index in [0.717, 1.165) is 19.8 Å². The maximum atomic E-state index is 14.7. The largest absolute Gasteiger partial charge is 0.494 e. The van der Waals surface area contributed by atoms with Crippen molar-refractivity contribution in [1.29, 1.82) is 0 Å². The lowest BCUT2D eigenvalue weighted by Gasteiger charge is -2.31. The second-order valence-corrected chi connectivity index (χ2v) is 16.1. The molecular weight excluding hydrogens is 748 g/mol. The minimum Gasteiger partial charge on any atom is -0.494 e. The predicted molar refractivity (Wildman–Crippen MR) is 203 cm³/mol. The van der Waals surface area contributed by atoms with E-state index in [1.807, 2.05) is 78.9 Å². The van der Waals surface area contributed by atoms with Crippen molar-refractivity contribution < 1.29 is 27.8 Å². The molecule has 51 heavy (non-hydrogen) atoms. The number of carbonyl (C=O) groups is 1. The Morgan fingerprint density at radius 3 is 2.25 bits per heavy atom. The summed E-state index contributed by atoms with van der Waals surface area (Å²) in [6.07, 6.45) is -0.560. The molecule has 2 N–H and O–H groups in total. The summed E-state index contributed by atoms with van der Waals surface area (Å²) in [6.45, 7) is 0.590. The fourth-order valence-corrected chi connectivity index (χ4v) is 8.35. The van der Waals surface area contributed by atoms with E-state index in [0.29, 0.717) is 29.9 Å². The van der Waals surface area contributed by atoms with Crippen LogP contribution < -0.4 is 10.1 Å². The molecule has 0 unspecified atom stereocenters. The molecule has 262 valence electrons. The number of nitrogens with one attached hydrogen (secondary N) is 1. The van der Waals surface area contributed by atoms with Crippen molar-refractivity contribution in [2.24, 2.45) is 4.99 Å². The summed E-state index contributed by atoms with van der Waals surface area (Å²) >= 11 is 5.10. The number of amides is 1. The predicted octanol–water partition coefficient (Wildman–Crippen LogP) is 7.80. The first-order chi connectivity index (χ1) is 24.8. The maximum absolute atomic E-state index is 14.7. The number of aliphatic hydroxyl groups is 1. The van der Waals surface area contributed by atoms with Crippen LogP contribution in [-0.2, 0) is 25.9 Å². The molecule has 8 nitrogen and oxygen atoms in total. The number of halogens is 1. The lowest BCUT2D eigenvalue weighted by molar-refractivity contribution is -0.129. The zero-order valence-corrected chi connectivity index (χ0v) is 30.9. The van der Waals surface area contributed by atoms with Crippen molar-refractivity contribution in [2.75, 3.05) is 19.0 Å². The van der Waals surface area contributed by atoms with Gasteiger partial charge in [-0.05, 0) is 77.9 Å². The number of hydrogen-bond acceptors (Lipinski definition) is 8. The Bertz CT molecular complexity index is 2060. The first-order valence-corrected chi connectivity index (χ1v) is 19.8. The normalized spacial score (nSPS) is 17.0. The summed E-state index contributed by atoms with van der Waals surface area (Å²) < 4.78 is 40.5. The Labute approximate surface area is 311 Å². The van der Waals surface area contributed by atoms with Crippen LogP contribution in [0.4, 0.5) is 0 Å². The van der Waals surface area contributed by atoms with Gasteiger partial charge in [0.15, 0.2) is 21.5 Å². The van der Waals surface area contributed by atoms with Crippen molar-refractivity contribution in [3.8, 4) is 5.75 Å². The molecule has 0 aromatic heterocycles. The van der Waals surface area contributed by atoms with Gasteiger partial charge in [0.1, 0.15) is 5.75 Å². The number of rotatable bonds is 15. The number of aliphatic imine (C=N–C) groups is 1. The third-order valence-electron chi connectivity index (χ3n) is 8.44. The first kappa shape index (κ1) is 36.4. The van der Waals surface area contributed by atoms with Crippen LogP contribution in [0, 0.1) is 0 Å². The maximum Gasteiger partial charge on any atom is 0.252 e. The molecule has 0 bridgehead atoms. The van der Waals surface area contributed by atoms with E-state index in [-0.39, 0.29) is 36.1 Å². The summed E-state index contributed by atoms with van der Waals surface area (Å²) in [5.74, 6) is 0.0462. The van der Waals surface area contributed by atoms with Gasteiger partial charge in [-0.2, -0.15) is 0 Å². The van der Waals surface area contributed by atoms with Crippen LogP contribution in [0.5, 0.6) is 5.75 Å². The van der Waals surface area contributed by atoms with E-state index < -0.39 is 27.4 Å². The summed E-state index contributed by atoms with van der Waals surface area (Å²) in [7, 11) is -3.79. The van der Waals surface area contributed by atoms with Crippen LogP contribution in [0.15, 0.2) is 158 Å². The molecule has 0 saturated carbocycles. The second kappa shape index (κ2) is 16.7. The molecule has 0 spiro atoms. The highest BCUT2D eigenvalue weighted by molar-refractivity contribution is 9.10. The number of aliphatic hydroxyl groups excluding tert-OH is 1. The minimum absolute atomic E-state index is 0.0295. The van der Waals surface area contributed by atoms with Crippen LogP contribution in [0.1, 0.15) is 35.6 Å². The van der Waals surface area contributed by atoms with Gasteiger partial charge in [-0.15, -0.1) is 0 Å². The molecule has 5 aromatic carbocycles. The molecule has 2 atom stereocenters. The average molecular weight is 786 g/mol. The van der Waals surface area contributed by atoms with Crippen LogP contribution >= 0.6 is 27.7 Å². The fraction of sp³-hybridized carbons (Fsp3) is 0.200. The molecule has 0 saturated heterocycles. The zero-order chi connectivity index (χ0) is 35.7. The van der Waals surface area contributed by atoms with Gasteiger partial charge in [0.2, 0.25) is 5.90 Å². The van der Waals surface area contributed by atoms with Crippen LogP contribution in [0.2, 0.25) is 0 Å². The fourth-order valence-electron chi connectivity index (χ4n) is 5.74. The lowest BCUT2D eigenvalue weighted by atomic mass is 9.85. The van der Waals surface area contributed by atoms with Crippen molar-refractivity contribution >= 4 is 49.3 Å². The van der Waals surface area contributed by atoms with Crippen molar-refractivity contribution in [3.63, 3.8) is 0 Å². The van der Waals surface area contributed by atoms with Gasteiger partial charge in [0.05, 0.1) is 17.3 Å². The standard InChI is InChI=1S/C40H37BrN2O6S2/c41-32-20-16-29(17-21-32)37-40(24-27-51(46,47)35-13-5-2-6-14-35,43-38(49-37)30-18-22-33(23-19-30)48-26-9-25-44)39(45)42-28-31-10-7-8-15-36(31)50-34-11-3-1-4-12-34/h1-8,10-23,37,44H,9,24-28H2,(H,42,45)/t37-,40-/m1/s1. The van der Waals surface area contributed by atoms with Gasteiger partial charge >= 0.3 is 0 Å². The van der Waals surface area contributed by atoms with Gasteiger partial charge < -0.3 is 19.9 Å². The van der Waals surface area contributed by atoms with E-state index in [1.165, 1.54) is 0 Å². The molecule has 1 aliphatic heterocycles. The highest BCUT2D eigenvalue weighted by atomic mass is 79.9. The van der Waals surface area contributed by atoms with Crippen LogP contribution in [0.25, 0.3) is 0 Å². The van der Waals surface area contributed by atoms with Crippen LogP contribution in [0.3, 0.4) is 0 Å². The topological polar surface area (TPSA) is 114 Å². The third kappa shape index (κ3) is 8.91. The zero-order valence-electron chi connectivity index (χ0n) is 27.7. The molecule has 1 aliphatic rings. The average Bonchev–Trinajstić information content (AvgIpc) is 3.56. The molecule has 5 aromatic rings. The molecule has 0 radical (unpaired) electrons. The van der Waals surface area contributed by atoms with Gasteiger partial charge in [0, 0.05) is 45.8 Å². The van der Waals surface area contributed by atoms with Crippen molar-refractivity contribution in [3.05, 3.63) is 155 Å². The highest BCUT2D eigenvalue weighted by Gasteiger charge is 2.53. The minimum atomic E-state index is -3.79. The molecule has 0 aliphatic carbocycles. The number of benzene rings is 5. The molecule has 1 amide bonds. The summed E-state index contributed by atoms with van der Waals surface area (Å²) in [5.41, 5.74) is 0.555. The smallest absolute Gasteiger partial charge is 0.252 e. The van der Waals surface area contributed by atoms with Crippen LogP contribution in [-0.4, -0.2) is 49.8 Å². The molecule has 6 rings (SSSR count). The van der Waals surface area contributed by atoms with E-state index in [4.69, 9.17) is 19.6 Å². The third-order valence-corrected chi connectivity index (χ3v) is 11.8. The lowest BCUT2D eigenvalue weighted by Crippen LogP contribution is -2.49. The number of nitrogens with zero attached hydrogens (tertiary/aromatic N) is 1. The quantitative estimate of drug-likeness (QED) is 0.104. The van der Waals surface area contributed by atoms with Gasteiger partial charge in [-0.1, -0.05) is 94.4 Å². The van der Waals surface area contributed by atoms with E-state index in [9.17, 15) is 13.2 Å². The summed E-state index contributed by atoms with van der Waals surface area (Å²) in [6, 6.07) is 40.6. The van der Waals surface area contributed by atoms with Crippen molar-refractivity contribution in [2.45, 2.75) is 45.7 Å². The Morgan fingerprint density at radius 2 is 1.55 bits per heavy atom. The Kier molecular flexibility index (Phi) is 11.9. The summed E-state index contributed by atoms with van der Waals surface area (Å²) in [4.78, 5) is 22.0. The number of ether oxygens (including phenoxy) is 2. The molecular formula is C40H37BrN2O6S2. The van der Waals surface area contributed by atoms with E-state index in [2.05, 4.69) is 21.2 Å². The molecule has 1 heterocycles. The van der Waals surface area contributed by atoms with E-state index in [1.54, 1.807) is 66.4 Å². The van der Waals surface area contributed by atoms with Gasteiger partial charge in [-0.3, -0.25) is 4.79 Å². The monoisotopic (exact) mass is 784 g/mol. The Balaban J connectivity index is 1.37. The number of hydrogen-bond donors (Lipinski definition) is 2. The van der Waals surface area contributed by atoms with Gasteiger partial charge in [-0.25, -0.2) is 13.4 Å².